The molecule has 0 aliphatic heterocycles. The predicted octanol–water partition coefficient (Wildman–Crippen LogP) is 0.994. The van der Waals surface area contributed by atoms with E-state index < -0.39 is 14.3 Å². The van der Waals surface area contributed by atoms with Gasteiger partial charge in [0.25, 0.3) is 0 Å². The smallest absolute Gasteiger partial charge is 0.353 e. The minimum Gasteiger partial charge on any atom is -0.353 e. The van der Waals surface area contributed by atoms with Crippen LogP contribution in [0, 0.1) is 0 Å². The lowest BCUT2D eigenvalue weighted by Gasteiger charge is -2.07. The van der Waals surface area contributed by atoms with Crippen LogP contribution in [0.15, 0.2) is 0 Å². The Morgan fingerprint density at radius 2 is 1.90 bits per heavy atom. The van der Waals surface area contributed by atoms with Gasteiger partial charge in [0.1, 0.15) is 0 Å². The summed E-state index contributed by atoms with van der Waals surface area (Å²) in [6.07, 6.45) is -0.418. The molecule has 1 unspecified atom stereocenters. The molecule has 10 heavy (non-hydrogen) atoms. The number of ether oxygens (including phenoxy) is 2. The fourth-order valence-corrected chi connectivity index (χ4v) is 0.730. The third-order valence-electron chi connectivity index (χ3n) is 0.918. The van der Waals surface area contributed by atoms with Crippen LogP contribution >= 0.6 is 8.03 Å². The first-order valence-corrected chi connectivity index (χ1v) is 4.42. The van der Waals surface area contributed by atoms with Crippen LogP contribution in [-0.4, -0.2) is 33.8 Å². The molecule has 60 valence electrons. The molecule has 0 rings (SSSR count). The second kappa shape index (κ2) is 5.74. The quantitative estimate of drug-likeness (QED) is 0.452. The van der Waals surface area contributed by atoms with E-state index in [1.807, 2.05) is 0 Å². The fourth-order valence-electron chi connectivity index (χ4n) is 0.398. The summed E-state index contributed by atoms with van der Waals surface area (Å²) in [6.45, 7) is 1.69. The van der Waals surface area contributed by atoms with Gasteiger partial charge in [-0.2, -0.15) is 0 Å². The van der Waals surface area contributed by atoms with E-state index in [1.54, 1.807) is 0 Å². The van der Waals surface area contributed by atoms with E-state index in [2.05, 4.69) is 0 Å². The van der Waals surface area contributed by atoms with E-state index in [0.717, 1.165) is 0 Å². The van der Waals surface area contributed by atoms with Gasteiger partial charge in [0.2, 0.25) is 0 Å². The SMILES string of the molecule is COC(CO[P+](C)=O)OC. The van der Waals surface area contributed by atoms with Gasteiger partial charge >= 0.3 is 8.03 Å². The first-order chi connectivity index (χ1) is 4.70. The largest absolute Gasteiger partial charge is 0.505 e. The first-order valence-electron chi connectivity index (χ1n) is 2.80. The van der Waals surface area contributed by atoms with Crippen LogP contribution in [0.4, 0.5) is 0 Å². The van der Waals surface area contributed by atoms with E-state index in [4.69, 9.17) is 14.0 Å². The van der Waals surface area contributed by atoms with Gasteiger partial charge < -0.3 is 9.47 Å². The molecule has 0 spiro atoms. The Bertz CT molecular complexity index is 102. The van der Waals surface area contributed by atoms with E-state index >= 15 is 0 Å². The lowest BCUT2D eigenvalue weighted by atomic mass is 10.7. The van der Waals surface area contributed by atoms with Crippen LogP contribution in [0.25, 0.3) is 0 Å². The van der Waals surface area contributed by atoms with Crippen LogP contribution in [-0.2, 0) is 18.6 Å². The topological polar surface area (TPSA) is 44.8 Å². The fraction of sp³-hybridized carbons (Fsp3) is 1.00. The summed E-state index contributed by atoms with van der Waals surface area (Å²) in [7, 11) is 1.45. The van der Waals surface area contributed by atoms with Gasteiger partial charge in [-0.25, -0.2) is 0 Å². The molecular weight excluding hydrogens is 155 g/mol. The summed E-state index contributed by atoms with van der Waals surface area (Å²) < 4.78 is 24.7. The zero-order valence-corrected chi connectivity index (χ0v) is 7.26. The molecule has 0 fully saturated rings. The van der Waals surface area contributed by atoms with Gasteiger partial charge in [-0.3, -0.25) is 0 Å². The zero-order chi connectivity index (χ0) is 7.98. The zero-order valence-electron chi connectivity index (χ0n) is 6.36. The van der Waals surface area contributed by atoms with Gasteiger partial charge in [0, 0.05) is 14.2 Å². The van der Waals surface area contributed by atoms with E-state index in [-0.39, 0.29) is 6.61 Å². The van der Waals surface area contributed by atoms with Crippen molar-refractivity contribution in [2.45, 2.75) is 6.29 Å². The summed E-state index contributed by atoms with van der Waals surface area (Å²) >= 11 is 0. The molecule has 0 aromatic carbocycles. The Morgan fingerprint density at radius 1 is 1.40 bits per heavy atom. The average molecular weight is 167 g/mol. The maximum absolute atomic E-state index is 10.4. The normalized spacial score (nSPS) is 12.2. The predicted molar refractivity (Wildman–Crippen MR) is 37.3 cm³/mol. The molecule has 0 aromatic heterocycles. The lowest BCUT2D eigenvalue weighted by molar-refractivity contribution is -0.120. The Labute approximate surface area is 61.3 Å². The molecule has 0 heterocycles. The lowest BCUT2D eigenvalue weighted by Crippen LogP contribution is -2.18. The van der Waals surface area contributed by atoms with Crippen LogP contribution in [0.5, 0.6) is 0 Å². The van der Waals surface area contributed by atoms with Gasteiger partial charge in [-0.1, -0.05) is 0 Å². The summed E-state index contributed by atoms with van der Waals surface area (Å²) in [5, 5.41) is 0. The molecule has 0 aliphatic carbocycles. The van der Waals surface area contributed by atoms with Crippen molar-refractivity contribution < 1.29 is 18.6 Å². The van der Waals surface area contributed by atoms with E-state index in [1.165, 1.54) is 20.9 Å². The highest BCUT2D eigenvalue weighted by molar-refractivity contribution is 7.38. The van der Waals surface area contributed by atoms with Gasteiger partial charge in [0.15, 0.2) is 19.6 Å². The summed E-state index contributed by atoms with van der Waals surface area (Å²) in [4.78, 5) is 0. The third-order valence-corrected chi connectivity index (χ3v) is 1.43. The second-order valence-corrected chi connectivity index (χ2v) is 2.77. The summed E-state index contributed by atoms with van der Waals surface area (Å²) in [5.74, 6) is 0. The van der Waals surface area contributed by atoms with Gasteiger partial charge in [-0.15, -0.1) is 4.52 Å². The molecule has 0 radical (unpaired) electrons. The highest BCUT2D eigenvalue weighted by Gasteiger charge is 2.13. The van der Waals surface area contributed by atoms with Crippen molar-refractivity contribution in [2.24, 2.45) is 0 Å². The number of hydrogen-bond acceptors (Lipinski definition) is 4. The van der Waals surface area contributed by atoms with E-state index in [9.17, 15) is 4.57 Å². The third kappa shape index (κ3) is 4.82. The van der Waals surface area contributed by atoms with Crippen molar-refractivity contribution in [3.05, 3.63) is 0 Å². The number of hydrogen-bond donors (Lipinski definition) is 0. The Kier molecular flexibility index (Phi) is 5.73. The maximum Gasteiger partial charge on any atom is 0.505 e. The average Bonchev–Trinajstić information content (AvgIpc) is 1.90. The minimum atomic E-state index is -1.55. The van der Waals surface area contributed by atoms with Crippen LogP contribution in [0.3, 0.4) is 0 Å². The molecule has 0 amide bonds. The van der Waals surface area contributed by atoms with Gasteiger partial charge in [0.05, 0.1) is 0 Å². The van der Waals surface area contributed by atoms with Gasteiger partial charge in [-0.05, 0) is 4.57 Å². The van der Waals surface area contributed by atoms with Crippen molar-refractivity contribution in [3.8, 4) is 0 Å². The highest BCUT2D eigenvalue weighted by atomic mass is 31.1. The second-order valence-electron chi connectivity index (χ2n) is 1.64. The molecule has 4 nitrogen and oxygen atoms in total. The molecule has 0 aliphatic rings. The number of rotatable bonds is 5. The molecule has 0 N–H and O–H groups in total. The standard InChI is InChI=1S/C5H12O4P/c1-7-5(8-2)4-9-10(3)6/h5H,4H2,1-3H3/q+1. The Morgan fingerprint density at radius 3 is 2.20 bits per heavy atom. The first kappa shape index (κ1) is 9.98. The Balaban J connectivity index is 3.34. The molecule has 0 saturated heterocycles. The monoisotopic (exact) mass is 167 g/mol. The molecule has 0 saturated carbocycles. The maximum atomic E-state index is 10.4. The molecule has 0 aromatic rings. The van der Waals surface area contributed by atoms with Crippen molar-refractivity contribution in [2.75, 3.05) is 27.5 Å². The molecule has 0 bridgehead atoms. The van der Waals surface area contributed by atoms with Crippen molar-refractivity contribution >= 4 is 8.03 Å². The highest BCUT2D eigenvalue weighted by Crippen LogP contribution is 2.15. The molecule has 1 atom stereocenters. The summed E-state index contributed by atoms with van der Waals surface area (Å²) in [6, 6.07) is 0. The number of methoxy groups -OCH3 is 2. The van der Waals surface area contributed by atoms with Crippen LogP contribution in [0.1, 0.15) is 0 Å². The van der Waals surface area contributed by atoms with E-state index in [0.29, 0.717) is 0 Å². The summed E-state index contributed by atoms with van der Waals surface area (Å²) in [5.41, 5.74) is 0. The van der Waals surface area contributed by atoms with Crippen molar-refractivity contribution in [3.63, 3.8) is 0 Å². The molecule has 5 heteroatoms. The minimum absolute atomic E-state index is 0.207. The van der Waals surface area contributed by atoms with Crippen LogP contribution in [0.2, 0.25) is 0 Å². The van der Waals surface area contributed by atoms with Crippen molar-refractivity contribution in [1.82, 2.24) is 0 Å². The Hall–Kier alpha value is -0.0200. The molecular formula is C5H12O4P+. The van der Waals surface area contributed by atoms with Crippen LogP contribution < -0.4 is 0 Å². The van der Waals surface area contributed by atoms with Crippen molar-refractivity contribution in [1.29, 1.82) is 0 Å².